The molecular weight excluding hydrogens is 600 g/mol. The van der Waals surface area contributed by atoms with Crippen LogP contribution in [0.1, 0.15) is 52.1 Å². The Bertz CT molecular complexity index is 1900. The van der Waals surface area contributed by atoms with Crippen molar-refractivity contribution in [1.29, 1.82) is 0 Å². The van der Waals surface area contributed by atoms with Gasteiger partial charge < -0.3 is 16.0 Å². The highest BCUT2D eigenvalue weighted by molar-refractivity contribution is 6.28. The Morgan fingerprint density at radius 2 is 1.74 bits per heavy atom. The summed E-state index contributed by atoms with van der Waals surface area (Å²) in [5, 5.41) is 11.6. The number of hydrogen-bond acceptors (Lipinski definition) is 8. The number of anilines is 3. The SMILES string of the molecule is CC(C)C(=O)N1CCC(c2cc(-c3ccc(NC(=O)C4C=[N+](C(C)C)C(=O)N(c5ccn(C)n5)C4=O)cc3)c3c(N)ncnn23)CC1. The summed E-state index contributed by atoms with van der Waals surface area (Å²) in [7, 11) is 1.68. The highest BCUT2D eigenvalue weighted by atomic mass is 16.2. The zero-order chi connectivity index (χ0) is 33.6. The van der Waals surface area contributed by atoms with E-state index in [0.717, 1.165) is 34.6 Å². The van der Waals surface area contributed by atoms with E-state index in [4.69, 9.17) is 5.73 Å². The topological polar surface area (TPSA) is 164 Å². The number of fused-ring (bicyclic) bond motifs is 1. The zero-order valence-corrected chi connectivity index (χ0v) is 27.1. The van der Waals surface area contributed by atoms with Gasteiger partial charge >= 0.3 is 11.9 Å². The van der Waals surface area contributed by atoms with Gasteiger partial charge in [-0.25, -0.2) is 14.3 Å². The number of hydrogen-bond donors (Lipinski definition) is 2. The molecule has 5 amide bonds. The van der Waals surface area contributed by atoms with Gasteiger partial charge in [0.05, 0.1) is 12.3 Å². The number of carbonyl (C=O) groups is 4. The van der Waals surface area contributed by atoms with E-state index in [-0.39, 0.29) is 29.6 Å². The Hall–Kier alpha value is -5.40. The second-order valence-corrected chi connectivity index (χ2v) is 12.6. The van der Waals surface area contributed by atoms with Gasteiger partial charge in [-0.15, -0.1) is 10.00 Å². The van der Waals surface area contributed by atoms with Crippen LogP contribution in [-0.4, -0.2) is 83.0 Å². The lowest BCUT2D eigenvalue weighted by Gasteiger charge is -2.33. The Balaban J connectivity index is 1.24. The Kier molecular flexibility index (Phi) is 8.34. The third kappa shape index (κ3) is 5.86. The molecule has 0 bridgehead atoms. The van der Waals surface area contributed by atoms with Crippen LogP contribution in [0.3, 0.4) is 0 Å². The first-order valence-electron chi connectivity index (χ1n) is 15.8. The molecule has 14 heteroatoms. The average molecular weight is 640 g/mol. The Morgan fingerprint density at radius 1 is 1.04 bits per heavy atom. The lowest BCUT2D eigenvalue weighted by atomic mass is 9.92. The molecule has 3 aromatic heterocycles. The molecule has 244 valence electrons. The predicted molar refractivity (Wildman–Crippen MR) is 176 cm³/mol. The molecule has 0 saturated carbocycles. The number of likely N-dealkylation sites (tertiary alicyclic amines) is 1. The van der Waals surface area contributed by atoms with Gasteiger partial charge in [-0.3, -0.25) is 14.3 Å². The number of rotatable bonds is 7. The summed E-state index contributed by atoms with van der Waals surface area (Å²) in [6.07, 6.45) is 6.07. The summed E-state index contributed by atoms with van der Waals surface area (Å²) in [6, 6.07) is 10.0. The highest BCUT2D eigenvalue weighted by Gasteiger charge is 2.49. The molecule has 0 spiro atoms. The Morgan fingerprint density at radius 3 is 2.36 bits per heavy atom. The number of benzene rings is 1. The van der Waals surface area contributed by atoms with Gasteiger partial charge in [0.15, 0.2) is 11.7 Å². The highest BCUT2D eigenvalue weighted by Crippen LogP contribution is 2.37. The van der Waals surface area contributed by atoms with Gasteiger partial charge in [0.1, 0.15) is 11.8 Å². The smallest absolute Gasteiger partial charge is 0.382 e. The molecule has 4 aromatic rings. The summed E-state index contributed by atoms with van der Waals surface area (Å²) in [4.78, 5) is 59.7. The van der Waals surface area contributed by atoms with Crippen molar-refractivity contribution in [2.24, 2.45) is 18.9 Å². The number of amides is 5. The van der Waals surface area contributed by atoms with Crippen LogP contribution < -0.4 is 16.0 Å². The minimum absolute atomic E-state index is 0.0333. The van der Waals surface area contributed by atoms with Crippen molar-refractivity contribution in [3.8, 4) is 11.1 Å². The second-order valence-electron chi connectivity index (χ2n) is 12.6. The van der Waals surface area contributed by atoms with E-state index in [2.05, 4.69) is 26.6 Å². The van der Waals surface area contributed by atoms with Crippen LogP contribution in [0.5, 0.6) is 0 Å². The summed E-state index contributed by atoms with van der Waals surface area (Å²) < 4.78 is 4.70. The number of aryl methyl sites for hydroxylation is 1. The van der Waals surface area contributed by atoms with E-state index in [1.807, 2.05) is 35.4 Å². The quantitative estimate of drug-likeness (QED) is 0.230. The lowest BCUT2D eigenvalue weighted by molar-refractivity contribution is -0.459. The summed E-state index contributed by atoms with van der Waals surface area (Å²) in [6.45, 7) is 8.82. The van der Waals surface area contributed by atoms with E-state index in [9.17, 15) is 19.2 Å². The van der Waals surface area contributed by atoms with Crippen LogP contribution in [-0.2, 0) is 21.4 Å². The molecule has 1 atom stereocenters. The molecule has 1 aromatic carbocycles. The van der Waals surface area contributed by atoms with Crippen molar-refractivity contribution in [2.45, 2.75) is 52.5 Å². The molecule has 47 heavy (non-hydrogen) atoms. The zero-order valence-electron chi connectivity index (χ0n) is 27.1. The fourth-order valence-corrected chi connectivity index (χ4v) is 6.26. The van der Waals surface area contributed by atoms with E-state index in [1.165, 1.54) is 21.8 Å². The Labute approximate surface area is 271 Å². The van der Waals surface area contributed by atoms with Crippen LogP contribution in [0.25, 0.3) is 16.6 Å². The number of nitrogens with zero attached hydrogens (tertiary/aromatic N) is 8. The maximum atomic E-state index is 13.5. The molecule has 14 nitrogen and oxygen atoms in total. The van der Waals surface area contributed by atoms with Crippen molar-refractivity contribution in [3.63, 3.8) is 0 Å². The summed E-state index contributed by atoms with van der Waals surface area (Å²) >= 11 is 0. The molecule has 2 aliphatic rings. The van der Waals surface area contributed by atoms with Crippen LogP contribution in [0.4, 0.5) is 22.1 Å². The van der Waals surface area contributed by atoms with E-state index >= 15 is 0 Å². The summed E-state index contributed by atoms with van der Waals surface area (Å²) in [5.41, 5.74) is 10.2. The molecule has 0 radical (unpaired) electrons. The van der Waals surface area contributed by atoms with E-state index in [1.54, 1.807) is 45.3 Å². The number of urea groups is 1. The van der Waals surface area contributed by atoms with Crippen LogP contribution >= 0.6 is 0 Å². The molecule has 1 unspecified atom stereocenters. The normalized spacial score (nSPS) is 17.6. The second kappa shape index (κ2) is 12.4. The molecular formula is C33H39N10O4+. The van der Waals surface area contributed by atoms with Crippen LogP contribution in [0.2, 0.25) is 0 Å². The number of carbonyl (C=O) groups excluding carboxylic acids is 4. The molecule has 2 aliphatic heterocycles. The first-order valence-corrected chi connectivity index (χ1v) is 15.8. The monoisotopic (exact) mass is 639 g/mol. The number of imide groups is 1. The van der Waals surface area contributed by atoms with Gasteiger partial charge in [-0.1, -0.05) is 26.0 Å². The van der Waals surface area contributed by atoms with Gasteiger partial charge in [0.25, 0.3) is 5.82 Å². The van der Waals surface area contributed by atoms with Crippen molar-refractivity contribution >= 4 is 52.8 Å². The predicted octanol–water partition coefficient (Wildman–Crippen LogP) is 3.29. The third-order valence-electron chi connectivity index (χ3n) is 8.77. The van der Waals surface area contributed by atoms with Crippen molar-refractivity contribution < 1.29 is 23.8 Å². The number of nitrogens with two attached hydrogens (primary N) is 1. The van der Waals surface area contributed by atoms with Gasteiger partial charge in [-0.2, -0.15) is 14.5 Å². The number of nitrogens with one attached hydrogen (secondary N) is 1. The fraction of sp³-hybridized carbons (Fsp3) is 0.394. The molecule has 1 saturated heterocycles. The summed E-state index contributed by atoms with van der Waals surface area (Å²) in [5.74, 6) is -1.67. The van der Waals surface area contributed by atoms with Gasteiger partial charge in [-0.05, 0) is 50.5 Å². The minimum Gasteiger partial charge on any atom is -0.382 e. The first-order chi connectivity index (χ1) is 22.4. The van der Waals surface area contributed by atoms with Crippen molar-refractivity contribution in [3.05, 3.63) is 54.6 Å². The molecule has 5 heterocycles. The van der Waals surface area contributed by atoms with Crippen molar-refractivity contribution in [1.82, 2.24) is 29.3 Å². The van der Waals surface area contributed by atoms with Crippen LogP contribution in [0, 0.1) is 11.8 Å². The minimum atomic E-state index is -1.24. The molecule has 0 aliphatic carbocycles. The van der Waals surface area contributed by atoms with Crippen molar-refractivity contribution in [2.75, 3.05) is 29.0 Å². The molecule has 3 N–H and O–H groups in total. The number of aromatic nitrogens is 5. The standard InChI is InChI=1S/C33H38N10O4/c1-19(2)31(45)40-14-10-22(11-15-40)26-16-24(28-29(34)35-18-36-43(26)28)21-6-8-23(9-7-21)37-30(44)25-17-41(20(3)4)33(47)42(32(25)46)27-12-13-39(5)38-27/h6-9,12-13,16-20,22,25H,10-11,14-15H2,1-5H3,(H2-,34,35,36,37,44)/p+1. The molecule has 1 fully saturated rings. The largest absolute Gasteiger partial charge is 0.507 e. The van der Waals surface area contributed by atoms with E-state index < -0.39 is 23.8 Å². The third-order valence-corrected chi connectivity index (χ3v) is 8.77. The van der Waals surface area contributed by atoms with E-state index in [0.29, 0.717) is 30.1 Å². The lowest BCUT2D eigenvalue weighted by Crippen LogP contribution is -2.56. The van der Waals surface area contributed by atoms with Gasteiger partial charge in [0, 0.05) is 61.2 Å². The maximum Gasteiger partial charge on any atom is 0.507 e. The average Bonchev–Trinajstić information content (AvgIpc) is 3.65. The van der Waals surface area contributed by atoms with Gasteiger partial charge in [0.2, 0.25) is 11.8 Å². The molecule has 6 rings (SSSR count). The first kappa shape index (κ1) is 31.6. The number of nitrogen functional groups attached to an aromatic ring is 1. The maximum absolute atomic E-state index is 13.5. The van der Waals surface area contributed by atoms with Crippen LogP contribution in [0.15, 0.2) is 48.9 Å². The fourth-order valence-electron chi connectivity index (χ4n) is 6.26. The number of piperidine rings is 1.